The SMILES string of the molecule is C=N/C(=N\Cn1c2c3ccccc3ccc2c2c3c4ccc5ccccc5c4oc3c3ccccc3c21)c1ccccc1. The van der Waals surface area contributed by atoms with Gasteiger partial charge in [-0.1, -0.05) is 121 Å². The Kier molecular flexibility index (Phi) is 5.08. The third-order valence-corrected chi connectivity index (χ3v) is 8.75. The monoisotopic (exact) mass is 551 g/mol. The molecule has 0 radical (unpaired) electrons. The van der Waals surface area contributed by atoms with Crippen LogP contribution in [0.15, 0.2) is 142 Å². The third-order valence-electron chi connectivity index (χ3n) is 8.75. The second-order valence-corrected chi connectivity index (χ2v) is 11.0. The van der Waals surface area contributed by atoms with E-state index in [2.05, 4.69) is 113 Å². The Morgan fingerprint density at radius 2 is 1.16 bits per heavy atom. The van der Waals surface area contributed by atoms with Gasteiger partial charge >= 0.3 is 0 Å². The van der Waals surface area contributed by atoms with Gasteiger partial charge in [-0.25, -0.2) is 9.98 Å². The number of benzene rings is 7. The summed E-state index contributed by atoms with van der Waals surface area (Å²) in [4.78, 5) is 9.39. The van der Waals surface area contributed by atoms with Crippen LogP contribution in [0.2, 0.25) is 0 Å². The molecule has 7 aromatic carbocycles. The molecule has 0 saturated carbocycles. The Bertz CT molecular complexity index is 2600. The number of rotatable bonds is 3. The zero-order valence-electron chi connectivity index (χ0n) is 23.3. The Morgan fingerprint density at radius 3 is 1.93 bits per heavy atom. The highest BCUT2D eigenvalue weighted by atomic mass is 16.3. The fraction of sp³-hybridized carbons (Fsp3) is 0.0256. The Labute approximate surface area is 246 Å². The van der Waals surface area contributed by atoms with Crippen LogP contribution < -0.4 is 0 Å². The van der Waals surface area contributed by atoms with E-state index < -0.39 is 0 Å². The zero-order valence-corrected chi connectivity index (χ0v) is 23.3. The minimum absolute atomic E-state index is 0.394. The number of amidine groups is 1. The normalized spacial score (nSPS) is 12.5. The summed E-state index contributed by atoms with van der Waals surface area (Å²) in [6.07, 6.45) is 0. The second-order valence-electron chi connectivity index (χ2n) is 11.0. The van der Waals surface area contributed by atoms with Crippen LogP contribution in [0, 0.1) is 0 Å². The summed E-state index contributed by atoms with van der Waals surface area (Å²) >= 11 is 0. The van der Waals surface area contributed by atoms with Gasteiger partial charge in [-0.2, -0.15) is 0 Å². The minimum atomic E-state index is 0.394. The highest BCUT2D eigenvalue weighted by Crippen LogP contribution is 2.47. The molecule has 9 rings (SSSR count). The van der Waals surface area contributed by atoms with E-state index in [9.17, 15) is 0 Å². The summed E-state index contributed by atoms with van der Waals surface area (Å²) < 4.78 is 9.21. The van der Waals surface area contributed by atoms with Gasteiger partial charge in [0.1, 0.15) is 17.8 Å². The zero-order chi connectivity index (χ0) is 28.5. The summed E-state index contributed by atoms with van der Waals surface area (Å²) in [7, 11) is 0. The van der Waals surface area contributed by atoms with Gasteiger partial charge in [-0.05, 0) is 23.6 Å². The van der Waals surface area contributed by atoms with Gasteiger partial charge in [0.15, 0.2) is 5.84 Å². The van der Waals surface area contributed by atoms with Crippen molar-refractivity contribution in [2.75, 3.05) is 0 Å². The standard InChI is InChI=1S/C39H25N3O/c1-40-39(26-13-3-2-4-14-26)41-23-42-35-27-15-7-5-11-24(27)19-21-31(35)33-34-32-22-20-25-12-6-8-16-28(25)37(32)43-38(34)30-18-10-9-17-29(30)36(33)42/h2-22H,1,23H2/b41-39-. The average Bonchev–Trinajstić information content (AvgIpc) is 3.62. The summed E-state index contributed by atoms with van der Waals surface area (Å²) in [5.41, 5.74) is 5.09. The molecule has 9 aromatic rings. The van der Waals surface area contributed by atoms with Crippen molar-refractivity contribution in [3.63, 3.8) is 0 Å². The predicted octanol–water partition coefficient (Wildman–Crippen LogP) is 10.3. The smallest absolute Gasteiger partial charge is 0.155 e. The maximum absolute atomic E-state index is 6.85. The lowest BCUT2D eigenvalue weighted by atomic mass is 9.98. The highest BCUT2D eigenvalue weighted by molar-refractivity contribution is 6.38. The number of aliphatic imine (C=N–C) groups is 2. The van der Waals surface area contributed by atoms with Crippen LogP contribution in [0.25, 0.3) is 76.1 Å². The highest BCUT2D eigenvalue weighted by Gasteiger charge is 2.23. The molecular weight excluding hydrogens is 526 g/mol. The first kappa shape index (κ1) is 23.9. The molecule has 0 atom stereocenters. The fourth-order valence-electron chi connectivity index (χ4n) is 6.90. The molecule has 0 spiro atoms. The lowest BCUT2D eigenvalue weighted by Gasteiger charge is -2.10. The van der Waals surface area contributed by atoms with Gasteiger partial charge < -0.3 is 8.98 Å². The summed E-state index contributed by atoms with van der Waals surface area (Å²) in [5.74, 6) is 0.626. The first-order valence-electron chi connectivity index (χ1n) is 14.5. The minimum Gasteiger partial charge on any atom is -0.455 e. The van der Waals surface area contributed by atoms with E-state index in [-0.39, 0.29) is 0 Å². The largest absolute Gasteiger partial charge is 0.455 e. The molecular formula is C39H25N3O. The van der Waals surface area contributed by atoms with Crippen LogP contribution in [0.3, 0.4) is 0 Å². The van der Waals surface area contributed by atoms with Crippen molar-refractivity contribution >= 4 is 88.6 Å². The molecule has 0 bridgehead atoms. The van der Waals surface area contributed by atoms with Crippen molar-refractivity contribution in [3.05, 3.63) is 133 Å². The van der Waals surface area contributed by atoms with Crippen LogP contribution in [0.1, 0.15) is 5.56 Å². The molecule has 43 heavy (non-hydrogen) atoms. The van der Waals surface area contributed by atoms with E-state index in [4.69, 9.17) is 9.41 Å². The second kappa shape index (κ2) is 9.13. The molecule has 2 aromatic heterocycles. The maximum atomic E-state index is 6.85. The number of hydrogen-bond donors (Lipinski definition) is 0. The number of nitrogens with zero attached hydrogens (tertiary/aromatic N) is 3. The topological polar surface area (TPSA) is 42.8 Å². The number of furan rings is 1. The average molecular weight is 552 g/mol. The summed E-state index contributed by atoms with van der Waals surface area (Å²) in [6.45, 7) is 4.25. The van der Waals surface area contributed by atoms with Crippen molar-refractivity contribution in [1.82, 2.24) is 4.57 Å². The van der Waals surface area contributed by atoms with Crippen LogP contribution in [0.4, 0.5) is 0 Å². The Morgan fingerprint density at radius 1 is 0.535 bits per heavy atom. The van der Waals surface area contributed by atoms with Gasteiger partial charge in [-0.3, -0.25) is 0 Å². The molecule has 0 amide bonds. The summed E-state index contributed by atoms with van der Waals surface area (Å²) in [6, 6.07) is 44.6. The quantitative estimate of drug-likeness (QED) is 0.159. The van der Waals surface area contributed by atoms with Crippen molar-refractivity contribution in [2.24, 2.45) is 9.98 Å². The van der Waals surface area contributed by atoms with Crippen molar-refractivity contribution in [1.29, 1.82) is 0 Å². The molecule has 0 aliphatic rings. The fourth-order valence-corrected chi connectivity index (χ4v) is 6.90. The lowest BCUT2D eigenvalue weighted by Crippen LogP contribution is -2.02. The maximum Gasteiger partial charge on any atom is 0.155 e. The van der Waals surface area contributed by atoms with Gasteiger partial charge in [0, 0.05) is 48.7 Å². The van der Waals surface area contributed by atoms with Crippen LogP contribution >= 0.6 is 0 Å². The van der Waals surface area contributed by atoms with E-state index in [0.717, 1.165) is 54.7 Å². The molecule has 0 unspecified atom stereocenters. The van der Waals surface area contributed by atoms with Gasteiger partial charge in [0.05, 0.1) is 11.0 Å². The number of aromatic nitrogens is 1. The Balaban J connectivity index is 1.50. The van der Waals surface area contributed by atoms with E-state index in [1.807, 2.05) is 30.3 Å². The predicted molar refractivity (Wildman–Crippen MR) is 182 cm³/mol. The molecule has 0 aliphatic heterocycles. The van der Waals surface area contributed by atoms with Crippen LogP contribution in [-0.2, 0) is 6.67 Å². The van der Waals surface area contributed by atoms with Gasteiger partial charge in [0.2, 0.25) is 0 Å². The van der Waals surface area contributed by atoms with E-state index in [1.54, 1.807) is 0 Å². The number of hydrogen-bond acceptors (Lipinski definition) is 2. The number of fused-ring (bicyclic) bond motifs is 14. The Hall–Kier alpha value is -5.74. The van der Waals surface area contributed by atoms with Crippen LogP contribution in [0.5, 0.6) is 0 Å². The first-order chi connectivity index (χ1) is 21.3. The van der Waals surface area contributed by atoms with Crippen molar-refractivity contribution in [2.45, 2.75) is 6.67 Å². The molecule has 0 aliphatic carbocycles. The van der Waals surface area contributed by atoms with E-state index in [1.165, 1.54) is 26.9 Å². The molecule has 0 fully saturated rings. The van der Waals surface area contributed by atoms with E-state index in [0.29, 0.717) is 12.5 Å². The van der Waals surface area contributed by atoms with E-state index >= 15 is 0 Å². The first-order valence-corrected chi connectivity index (χ1v) is 14.5. The van der Waals surface area contributed by atoms with Crippen LogP contribution in [-0.4, -0.2) is 17.1 Å². The molecule has 4 heteroatoms. The summed E-state index contributed by atoms with van der Waals surface area (Å²) in [5, 5.41) is 11.5. The van der Waals surface area contributed by atoms with Gasteiger partial charge in [0.25, 0.3) is 0 Å². The third kappa shape index (κ3) is 3.38. The van der Waals surface area contributed by atoms with Gasteiger partial charge in [-0.15, -0.1) is 0 Å². The van der Waals surface area contributed by atoms with Crippen molar-refractivity contribution in [3.8, 4) is 0 Å². The molecule has 202 valence electrons. The lowest BCUT2D eigenvalue weighted by molar-refractivity contribution is 0.676. The molecule has 0 saturated heterocycles. The van der Waals surface area contributed by atoms with Crippen molar-refractivity contribution < 1.29 is 4.42 Å². The molecule has 4 nitrogen and oxygen atoms in total. The molecule has 2 heterocycles. The molecule has 0 N–H and O–H groups in total.